The van der Waals surface area contributed by atoms with Crippen LogP contribution in [-0.4, -0.2) is 115 Å². The fourth-order valence-electron chi connectivity index (χ4n) is 7.41. The molecule has 2 amide bonds. The number of benzene rings is 2. The first-order chi connectivity index (χ1) is 25.3. The Hall–Kier alpha value is -3.79. The van der Waals surface area contributed by atoms with Crippen LogP contribution in [0.4, 0.5) is 20.2 Å². The van der Waals surface area contributed by atoms with E-state index in [4.69, 9.17) is 9.47 Å². The number of H-pyrrole nitrogens is 1. The molecule has 15 heteroatoms. The molecule has 0 spiro atoms. The van der Waals surface area contributed by atoms with Crippen LogP contribution in [0.1, 0.15) is 44.3 Å². The molecule has 52 heavy (non-hydrogen) atoms. The Labute approximate surface area is 306 Å². The summed E-state index contributed by atoms with van der Waals surface area (Å²) in [7, 11) is 0. The van der Waals surface area contributed by atoms with Crippen LogP contribution in [0.15, 0.2) is 35.1 Å². The van der Waals surface area contributed by atoms with Gasteiger partial charge in [0.25, 0.3) is 5.56 Å². The third-order valence-corrected chi connectivity index (χ3v) is 12.0. The topological polar surface area (TPSA) is 132 Å². The van der Waals surface area contributed by atoms with Crippen LogP contribution >= 0.6 is 11.8 Å². The number of piperazine rings is 1. The van der Waals surface area contributed by atoms with Crippen LogP contribution in [-0.2, 0) is 20.1 Å². The molecular weight excluding hydrogens is 693 g/mol. The van der Waals surface area contributed by atoms with E-state index in [1.165, 1.54) is 12.1 Å². The number of halogens is 2. The first-order valence-corrected chi connectivity index (χ1v) is 19.5. The lowest BCUT2D eigenvalue weighted by atomic mass is 9.98. The predicted octanol–water partition coefficient (Wildman–Crippen LogP) is 3.74. The number of imide groups is 1. The summed E-state index contributed by atoms with van der Waals surface area (Å²) in [5.74, 6) is 0.237. The van der Waals surface area contributed by atoms with Gasteiger partial charge in [0.15, 0.2) is 0 Å². The van der Waals surface area contributed by atoms with E-state index in [9.17, 15) is 18.8 Å². The molecule has 3 aromatic rings. The van der Waals surface area contributed by atoms with E-state index in [1.807, 2.05) is 0 Å². The second-order valence-electron chi connectivity index (χ2n) is 14.2. The number of aromatic amines is 1. The van der Waals surface area contributed by atoms with E-state index in [-0.39, 0.29) is 29.4 Å². The van der Waals surface area contributed by atoms with Gasteiger partial charge in [-0.15, -0.1) is 0 Å². The molecule has 0 unspecified atom stereocenters. The zero-order chi connectivity index (χ0) is 36.0. The van der Waals surface area contributed by atoms with Gasteiger partial charge in [-0.3, -0.25) is 24.6 Å². The molecule has 4 aliphatic heterocycles. The molecule has 4 saturated heterocycles. The van der Waals surface area contributed by atoms with Crippen molar-refractivity contribution in [3.05, 3.63) is 58.1 Å². The first-order valence-electron chi connectivity index (χ1n) is 18.4. The number of rotatable bonds is 12. The summed E-state index contributed by atoms with van der Waals surface area (Å²) in [6.45, 7) is 8.99. The molecule has 0 bridgehead atoms. The van der Waals surface area contributed by atoms with Crippen molar-refractivity contribution in [3.63, 3.8) is 0 Å². The van der Waals surface area contributed by atoms with Crippen LogP contribution in [0.25, 0.3) is 10.9 Å². The fourth-order valence-corrected chi connectivity index (χ4v) is 8.47. The van der Waals surface area contributed by atoms with Crippen molar-refractivity contribution in [3.8, 4) is 5.75 Å². The number of carbonyl (C=O) groups excluding carboxylic acids is 2. The maximum atomic E-state index is 15.1. The van der Waals surface area contributed by atoms with E-state index >= 15 is 4.39 Å². The van der Waals surface area contributed by atoms with Crippen molar-refractivity contribution < 1.29 is 27.8 Å². The highest BCUT2D eigenvalue weighted by molar-refractivity contribution is 7.99. The van der Waals surface area contributed by atoms with Crippen LogP contribution in [0.2, 0.25) is 0 Å². The smallest absolute Gasteiger partial charge is 0.261 e. The van der Waals surface area contributed by atoms with Crippen molar-refractivity contribution >= 4 is 45.9 Å². The molecule has 5 heterocycles. The SMILES string of the molecule is O=C1CC[C@H](Nc2ccc(N3CCN(CCN4CCC(COc5cc(F)c6c(=O)[nH]c(CSC7CCOCC7)nc6c5)CC4)CC3)c(F)c2)C(=O)N1. The third-order valence-electron chi connectivity index (χ3n) is 10.6. The quantitative estimate of drug-likeness (QED) is 0.235. The minimum absolute atomic E-state index is 0.0377. The number of nitrogens with one attached hydrogen (secondary N) is 3. The maximum absolute atomic E-state index is 15.1. The number of anilines is 2. The summed E-state index contributed by atoms with van der Waals surface area (Å²) < 4.78 is 41.6. The minimum Gasteiger partial charge on any atom is -0.493 e. The molecule has 0 radical (unpaired) electrons. The van der Waals surface area contributed by atoms with E-state index in [0.29, 0.717) is 58.4 Å². The number of likely N-dealkylation sites (tertiary alicyclic amines) is 1. The highest BCUT2D eigenvalue weighted by Gasteiger charge is 2.27. The zero-order valence-corrected chi connectivity index (χ0v) is 30.2. The number of piperidine rings is 2. The number of hydrogen-bond donors (Lipinski definition) is 3. The van der Waals surface area contributed by atoms with Crippen molar-refractivity contribution in [1.82, 2.24) is 25.1 Å². The van der Waals surface area contributed by atoms with Gasteiger partial charge in [0.2, 0.25) is 11.8 Å². The summed E-state index contributed by atoms with van der Waals surface area (Å²) in [6, 6.07) is 7.38. The predicted molar refractivity (Wildman–Crippen MR) is 197 cm³/mol. The van der Waals surface area contributed by atoms with Gasteiger partial charge in [0, 0.05) is 82.0 Å². The number of ether oxygens (including phenoxy) is 2. The third kappa shape index (κ3) is 9.22. The van der Waals surface area contributed by atoms with Crippen molar-refractivity contribution in [1.29, 1.82) is 0 Å². The number of hydrogen-bond acceptors (Lipinski definition) is 11. The van der Waals surface area contributed by atoms with Crippen molar-refractivity contribution in [2.75, 3.05) is 82.4 Å². The van der Waals surface area contributed by atoms with Crippen LogP contribution in [0.5, 0.6) is 5.75 Å². The summed E-state index contributed by atoms with van der Waals surface area (Å²) in [5, 5.41) is 5.79. The van der Waals surface area contributed by atoms with E-state index < -0.39 is 17.4 Å². The van der Waals surface area contributed by atoms with Gasteiger partial charge in [-0.05, 0) is 69.3 Å². The van der Waals surface area contributed by atoms with Crippen molar-refractivity contribution in [2.24, 2.45) is 5.92 Å². The molecule has 2 aromatic carbocycles. The summed E-state index contributed by atoms with van der Waals surface area (Å²) in [5.41, 5.74) is 0.929. The van der Waals surface area contributed by atoms with E-state index in [1.54, 1.807) is 30.0 Å². The maximum Gasteiger partial charge on any atom is 0.261 e. The standard InChI is InChI=1S/C37H47F2N7O5S/c38-28-19-25(40-30-2-4-34(47)43-36(30)48)1-3-32(28)46-15-13-45(14-16-46)12-11-44-9-5-24(6-10-44)22-51-26-20-29(39)35-31(21-26)41-33(42-37(35)49)23-52-27-7-17-50-18-8-27/h1,3,19-21,24,27,30,40H,2,4-18,22-23H2,(H,41,42,49)(H,43,47,48)/t30-/m0/s1. The summed E-state index contributed by atoms with van der Waals surface area (Å²) in [6.07, 6.45) is 4.58. The highest BCUT2D eigenvalue weighted by atomic mass is 32.2. The molecular formula is C37H47F2N7O5S. The number of nitrogens with zero attached hydrogens (tertiary/aromatic N) is 4. The zero-order valence-electron chi connectivity index (χ0n) is 29.3. The van der Waals surface area contributed by atoms with Gasteiger partial charge in [0.05, 0.1) is 23.6 Å². The number of aromatic nitrogens is 2. The van der Waals surface area contributed by atoms with Crippen molar-refractivity contribution in [2.45, 2.75) is 55.6 Å². The van der Waals surface area contributed by atoms with E-state index in [2.05, 4.69) is 35.3 Å². The average molecular weight is 740 g/mol. The van der Waals surface area contributed by atoms with Gasteiger partial charge < -0.3 is 29.6 Å². The number of thioether (sulfide) groups is 1. The van der Waals surface area contributed by atoms with Gasteiger partial charge in [0.1, 0.15) is 34.6 Å². The van der Waals surface area contributed by atoms with Crippen LogP contribution in [0, 0.1) is 17.6 Å². The van der Waals surface area contributed by atoms with Gasteiger partial charge in [-0.1, -0.05) is 0 Å². The van der Waals surface area contributed by atoms with Gasteiger partial charge >= 0.3 is 0 Å². The van der Waals surface area contributed by atoms with Crippen LogP contribution < -0.4 is 25.8 Å². The Morgan fingerprint density at radius 1 is 0.904 bits per heavy atom. The van der Waals surface area contributed by atoms with Gasteiger partial charge in [-0.2, -0.15) is 11.8 Å². The molecule has 1 aromatic heterocycles. The molecule has 0 aliphatic carbocycles. The van der Waals surface area contributed by atoms with E-state index in [0.717, 1.165) is 91.3 Å². The lowest BCUT2D eigenvalue weighted by Gasteiger charge is -2.38. The van der Waals surface area contributed by atoms with Gasteiger partial charge in [-0.25, -0.2) is 13.8 Å². The Balaban J connectivity index is 0.821. The number of carbonyl (C=O) groups is 2. The summed E-state index contributed by atoms with van der Waals surface area (Å²) >= 11 is 1.75. The molecule has 1 atom stereocenters. The molecule has 3 N–H and O–H groups in total. The fraction of sp³-hybridized carbons (Fsp3) is 0.568. The summed E-state index contributed by atoms with van der Waals surface area (Å²) in [4.78, 5) is 50.4. The largest absolute Gasteiger partial charge is 0.493 e. The lowest BCUT2D eigenvalue weighted by molar-refractivity contribution is -0.133. The van der Waals surface area contributed by atoms with Crippen LogP contribution in [0.3, 0.4) is 0 Å². The Morgan fingerprint density at radius 3 is 2.38 bits per heavy atom. The Morgan fingerprint density at radius 2 is 1.65 bits per heavy atom. The Bertz CT molecular complexity index is 1790. The molecule has 7 rings (SSSR count). The normalized spacial score (nSPS) is 21.4. The second kappa shape index (κ2) is 16.9. The average Bonchev–Trinajstić information content (AvgIpc) is 3.14. The monoisotopic (exact) mass is 739 g/mol. The second-order valence-corrected chi connectivity index (χ2v) is 15.5. The molecule has 280 valence electrons. The number of amides is 2. The molecule has 4 aliphatic rings. The molecule has 12 nitrogen and oxygen atoms in total. The Kier molecular flexibility index (Phi) is 11.9. The molecule has 4 fully saturated rings. The first kappa shape index (κ1) is 36.6. The minimum atomic E-state index is -0.622. The molecule has 0 saturated carbocycles. The lowest BCUT2D eigenvalue weighted by Crippen LogP contribution is -2.49. The highest BCUT2D eigenvalue weighted by Crippen LogP contribution is 2.28. The number of fused-ring (bicyclic) bond motifs is 1.